The zero-order valence-electron chi connectivity index (χ0n) is 14.2. The summed E-state index contributed by atoms with van der Waals surface area (Å²) >= 11 is 0. The number of aryl methyl sites for hydroxylation is 1. The minimum atomic E-state index is 0.00637. The number of rotatable bonds is 3. The standard InChI is InChI=1S/C21H22N2O2/c24-20(11-10-16-6-2-1-3-7-16)22-14-19-18-9-5-4-8-17(18)12-13-23(19)21(25)15-22/h1-9,19H,10-15H2/t19-/m1/s1. The smallest absolute Gasteiger partial charge is 0.242 e. The van der Waals surface area contributed by atoms with Crippen molar-refractivity contribution in [2.24, 2.45) is 0 Å². The van der Waals surface area contributed by atoms with Gasteiger partial charge >= 0.3 is 0 Å². The lowest BCUT2D eigenvalue weighted by molar-refractivity contribution is -0.149. The van der Waals surface area contributed by atoms with Gasteiger partial charge in [-0.25, -0.2) is 0 Å². The average Bonchev–Trinajstić information content (AvgIpc) is 2.66. The number of fused-ring (bicyclic) bond motifs is 3. The number of benzene rings is 2. The van der Waals surface area contributed by atoms with Crippen LogP contribution in [0, 0.1) is 0 Å². The first-order valence-corrected chi connectivity index (χ1v) is 8.91. The first kappa shape index (κ1) is 15.9. The second kappa shape index (κ2) is 6.71. The van der Waals surface area contributed by atoms with Crippen molar-refractivity contribution in [1.82, 2.24) is 9.80 Å². The average molecular weight is 334 g/mol. The summed E-state index contributed by atoms with van der Waals surface area (Å²) in [5, 5.41) is 0. The summed E-state index contributed by atoms with van der Waals surface area (Å²) < 4.78 is 0. The van der Waals surface area contributed by atoms with Gasteiger partial charge in [-0.3, -0.25) is 9.59 Å². The first-order chi connectivity index (χ1) is 12.2. The van der Waals surface area contributed by atoms with E-state index in [1.807, 2.05) is 47.4 Å². The Balaban J connectivity index is 1.48. The second-order valence-electron chi connectivity index (χ2n) is 6.81. The lowest BCUT2D eigenvalue weighted by atomic mass is 9.90. The van der Waals surface area contributed by atoms with Crippen molar-refractivity contribution in [3.05, 3.63) is 71.3 Å². The van der Waals surface area contributed by atoms with Crippen molar-refractivity contribution in [2.45, 2.75) is 25.3 Å². The maximum Gasteiger partial charge on any atom is 0.242 e. The normalized spacial score (nSPS) is 19.4. The van der Waals surface area contributed by atoms with E-state index >= 15 is 0 Å². The molecule has 0 bridgehead atoms. The van der Waals surface area contributed by atoms with Gasteiger partial charge in [-0.15, -0.1) is 0 Å². The Hall–Kier alpha value is -2.62. The summed E-state index contributed by atoms with van der Waals surface area (Å²) in [4.78, 5) is 28.9. The molecule has 0 N–H and O–H groups in total. The maximum atomic E-state index is 12.7. The largest absolute Gasteiger partial charge is 0.332 e. The summed E-state index contributed by atoms with van der Waals surface area (Å²) in [5.41, 5.74) is 3.65. The molecule has 4 rings (SSSR count). The SMILES string of the molecule is O=C(CCc1ccccc1)N1CC(=O)N2CCc3ccccc3[C@H]2C1. The number of hydrogen-bond acceptors (Lipinski definition) is 2. The lowest BCUT2D eigenvalue weighted by Gasteiger charge is -2.44. The van der Waals surface area contributed by atoms with E-state index in [4.69, 9.17) is 0 Å². The summed E-state index contributed by atoms with van der Waals surface area (Å²) in [6.45, 7) is 1.58. The number of nitrogens with zero attached hydrogens (tertiary/aromatic N) is 2. The Kier molecular flexibility index (Phi) is 4.26. The van der Waals surface area contributed by atoms with Gasteiger partial charge in [0, 0.05) is 19.5 Å². The van der Waals surface area contributed by atoms with Crippen LogP contribution in [0.15, 0.2) is 54.6 Å². The van der Waals surface area contributed by atoms with Crippen LogP contribution in [-0.4, -0.2) is 41.2 Å². The molecule has 2 amide bonds. The second-order valence-corrected chi connectivity index (χ2v) is 6.81. The van der Waals surface area contributed by atoms with Crippen molar-refractivity contribution in [3.63, 3.8) is 0 Å². The van der Waals surface area contributed by atoms with Gasteiger partial charge in [0.25, 0.3) is 0 Å². The molecule has 2 heterocycles. The van der Waals surface area contributed by atoms with Crippen molar-refractivity contribution < 1.29 is 9.59 Å². The van der Waals surface area contributed by atoms with Crippen LogP contribution in [0.3, 0.4) is 0 Å². The van der Waals surface area contributed by atoms with Crippen LogP contribution in [0.1, 0.15) is 29.2 Å². The highest BCUT2D eigenvalue weighted by atomic mass is 16.2. The van der Waals surface area contributed by atoms with E-state index in [0.717, 1.165) is 24.9 Å². The molecule has 4 heteroatoms. The molecule has 0 unspecified atom stereocenters. The molecule has 2 aromatic carbocycles. The van der Waals surface area contributed by atoms with E-state index in [-0.39, 0.29) is 24.4 Å². The molecule has 1 fully saturated rings. The fraction of sp³-hybridized carbons (Fsp3) is 0.333. The third-order valence-electron chi connectivity index (χ3n) is 5.28. The van der Waals surface area contributed by atoms with Gasteiger partial charge in [0.2, 0.25) is 11.8 Å². The molecule has 2 aromatic rings. The van der Waals surface area contributed by atoms with E-state index < -0.39 is 0 Å². The van der Waals surface area contributed by atoms with Gasteiger partial charge in [-0.05, 0) is 29.5 Å². The number of piperazine rings is 1. The molecule has 1 atom stereocenters. The predicted molar refractivity (Wildman–Crippen MR) is 95.9 cm³/mol. The van der Waals surface area contributed by atoms with E-state index in [2.05, 4.69) is 12.1 Å². The Morgan fingerprint density at radius 2 is 1.80 bits per heavy atom. The van der Waals surface area contributed by atoms with Gasteiger partial charge in [0.15, 0.2) is 0 Å². The van der Waals surface area contributed by atoms with Gasteiger partial charge in [-0.2, -0.15) is 0 Å². The van der Waals surface area contributed by atoms with Gasteiger partial charge in [-0.1, -0.05) is 54.6 Å². The number of carbonyl (C=O) groups excluding carboxylic acids is 2. The Labute approximate surface area is 148 Å². The highest BCUT2D eigenvalue weighted by Crippen LogP contribution is 2.33. The Morgan fingerprint density at radius 1 is 1.04 bits per heavy atom. The quantitative estimate of drug-likeness (QED) is 0.866. The summed E-state index contributed by atoms with van der Waals surface area (Å²) in [6.07, 6.45) is 2.07. The number of carbonyl (C=O) groups is 2. The number of hydrogen-bond donors (Lipinski definition) is 0. The van der Waals surface area contributed by atoms with Crippen LogP contribution in [0.25, 0.3) is 0 Å². The molecular weight excluding hydrogens is 312 g/mol. The monoisotopic (exact) mass is 334 g/mol. The van der Waals surface area contributed by atoms with E-state index in [1.165, 1.54) is 11.1 Å². The lowest BCUT2D eigenvalue weighted by Crippen LogP contribution is -2.55. The van der Waals surface area contributed by atoms with Crippen LogP contribution in [-0.2, 0) is 22.4 Å². The maximum absolute atomic E-state index is 12.7. The molecule has 2 aliphatic rings. The van der Waals surface area contributed by atoms with Crippen molar-refractivity contribution in [3.8, 4) is 0 Å². The molecule has 0 aliphatic carbocycles. The minimum absolute atomic E-state index is 0.00637. The molecule has 1 saturated heterocycles. The van der Waals surface area contributed by atoms with Crippen LogP contribution < -0.4 is 0 Å². The third-order valence-corrected chi connectivity index (χ3v) is 5.28. The number of amides is 2. The molecule has 4 nitrogen and oxygen atoms in total. The molecule has 0 radical (unpaired) electrons. The van der Waals surface area contributed by atoms with Crippen LogP contribution >= 0.6 is 0 Å². The van der Waals surface area contributed by atoms with Crippen molar-refractivity contribution >= 4 is 11.8 Å². The fourth-order valence-electron chi connectivity index (χ4n) is 3.92. The highest BCUT2D eigenvalue weighted by Gasteiger charge is 2.38. The molecular formula is C21H22N2O2. The van der Waals surface area contributed by atoms with Crippen LogP contribution in [0.4, 0.5) is 0 Å². The van der Waals surface area contributed by atoms with E-state index in [1.54, 1.807) is 4.90 Å². The van der Waals surface area contributed by atoms with Gasteiger partial charge in [0.05, 0.1) is 12.6 Å². The minimum Gasteiger partial charge on any atom is -0.332 e. The summed E-state index contributed by atoms with van der Waals surface area (Å²) in [7, 11) is 0. The van der Waals surface area contributed by atoms with Gasteiger partial charge < -0.3 is 9.80 Å². The highest BCUT2D eigenvalue weighted by molar-refractivity contribution is 5.87. The van der Waals surface area contributed by atoms with E-state index in [9.17, 15) is 9.59 Å². The van der Waals surface area contributed by atoms with E-state index in [0.29, 0.717) is 13.0 Å². The van der Waals surface area contributed by atoms with Crippen LogP contribution in [0.2, 0.25) is 0 Å². The fourth-order valence-corrected chi connectivity index (χ4v) is 3.92. The molecule has 25 heavy (non-hydrogen) atoms. The Bertz CT molecular complexity index is 787. The van der Waals surface area contributed by atoms with Gasteiger partial charge in [0.1, 0.15) is 0 Å². The first-order valence-electron chi connectivity index (χ1n) is 8.91. The summed E-state index contributed by atoms with van der Waals surface area (Å²) in [5.74, 6) is 0.138. The molecule has 0 saturated carbocycles. The molecule has 0 aromatic heterocycles. The predicted octanol–water partition coefficient (Wildman–Crippen LogP) is 2.59. The zero-order valence-corrected chi connectivity index (χ0v) is 14.2. The molecule has 2 aliphatic heterocycles. The zero-order chi connectivity index (χ0) is 17.2. The Morgan fingerprint density at radius 3 is 2.64 bits per heavy atom. The molecule has 0 spiro atoms. The topological polar surface area (TPSA) is 40.6 Å². The summed E-state index contributed by atoms with van der Waals surface area (Å²) in [6, 6.07) is 18.3. The van der Waals surface area contributed by atoms with Crippen LogP contribution in [0.5, 0.6) is 0 Å². The van der Waals surface area contributed by atoms with Crippen molar-refractivity contribution in [2.75, 3.05) is 19.6 Å². The third kappa shape index (κ3) is 3.16. The van der Waals surface area contributed by atoms with Crippen molar-refractivity contribution in [1.29, 1.82) is 0 Å². The molecule has 128 valence electrons.